The molecule has 9 heteroatoms. The molecule has 0 radical (unpaired) electrons. The average molecular weight is 583 g/mol. The Hall–Kier alpha value is -4.21. The second-order valence-electron chi connectivity index (χ2n) is 10.4. The van der Waals surface area contributed by atoms with Crippen LogP contribution >= 0.6 is 0 Å². The number of rotatable bonds is 12. The molecule has 4 aromatic rings. The lowest BCUT2D eigenvalue weighted by molar-refractivity contribution is 0.182. The number of anilines is 3. The molecule has 1 aliphatic rings. The molecule has 3 N–H and O–H groups in total. The van der Waals surface area contributed by atoms with Crippen molar-refractivity contribution < 1.29 is 8.95 Å². The monoisotopic (exact) mass is 582 g/mol. The van der Waals surface area contributed by atoms with Crippen molar-refractivity contribution in [3.05, 3.63) is 103 Å². The number of hydrogen-bond acceptors (Lipinski definition) is 8. The SMILES string of the molecule is C=CS(=N)(=O)c1cccc(Nc2ncc(-c3ccc(OCC)cc3)c(NCC3CCN(Cc4ccccc4)CC3)n2)c1. The largest absolute Gasteiger partial charge is 0.494 e. The van der Waals surface area contributed by atoms with Gasteiger partial charge in [0.15, 0.2) is 0 Å². The van der Waals surface area contributed by atoms with Crippen LogP contribution in [0, 0.1) is 10.7 Å². The van der Waals surface area contributed by atoms with Crippen molar-refractivity contribution in [2.75, 3.05) is 36.9 Å². The van der Waals surface area contributed by atoms with Crippen LogP contribution in [0.5, 0.6) is 5.75 Å². The van der Waals surface area contributed by atoms with Crippen molar-refractivity contribution in [3.8, 4) is 16.9 Å². The minimum atomic E-state index is -3.06. The van der Waals surface area contributed by atoms with Crippen molar-refractivity contribution in [1.29, 1.82) is 4.78 Å². The molecule has 0 spiro atoms. The third-order valence-corrected chi connectivity index (χ3v) is 8.88. The number of nitrogens with zero attached hydrogens (tertiary/aromatic N) is 3. The van der Waals surface area contributed by atoms with Crippen LogP contribution in [-0.2, 0) is 16.3 Å². The maximum absolute atomic E-state index is 12.5. The van der Waals surface area contributed by atoms with E-state index in [1.165, 1.54) is 11.0 Å². The highest BCUT2D eigenvalue weighted by molar-refractivity contribution is 7.95. The molecule has 8 nitrogen and oxygen atoms in total. The highest BCUT2D eigenvalue weighted by atomic mass is 32.2. The summed E-state index contributed by atoms with van der Waals surface area (Å²) >= 11 is 0. The van der Waals surface area contributed by atoms with Gasteiger partial charge in [0.25, 0.3) is 0 Å². The molecule has 2 heterocycles. The van der Waals surface area contributed by atoms with Gasteiger partial charge in [0, 0.05) is 35.9 Å². The van der Waals surface area contributed by atoms with Crippen molar-refractivity contribution in [3.63, 3.8) is 0 Å². The van der Waals surface area contributed by atoms with Crippen LogP contribution in [-0.4, -0.2) is 45.3 Å². The fourth-order valence-electron chi connectivity index (χ4n) is 5.10. The van der Waals surface area contributed by atoms with Gasteiger partial charge in [-0.25, -0.2) is 14.0 Å². The second-order valence-corrected chi connectivity index (χ2v) is 12.4. The van der Waals surface area contributed by atoms with Gasteiger partial charge in [-0.05, 0) is 80.2 Å². The first-order valence-corrected chi connectivity index (χ1v) is 15.9. The molecule has 1 unspecified atom stereocenters. The predicted molar refractivity (Wildman–Crippen MR) is 171 cm³/mol. The first-order chi connectivity index (χ1) is 20.4. The molecular formula is C33H38N6O2S. The van der Waals surface area contributed by atoms with Gasteiger partial charge in [0.1, 0.15) is 11.6 Å². The summed E-state index contributed by atoms with van der Waals surface area (Å²) in [6.07, 6.45) is 4.06. The van der Waals surface area contributed by atoms with E-state index in [2.05, 4.69) is 57.4 Å². The molecule has 1 saturated heterocycles. The van der Waals surface area contributed by atoms with Crippen molar-refractivity contribution >= 4 is 27.2 Å². The van der Waals surface area contributed by atoms with Crippen LogP contribution in [0.1, 0.15) is 25.3 Å². The van der Waals surface area contributed by atoms with Gasteiger partial charge >= 0.3 is 0 Å². The van der Waals surface area contributed by atoms with Gasteiger partial charge in [-0.1, -0.05) is 55.1 Å². The number of piperidine rings is 1. The first-order valence-electron chi connectivity index (χ1n) is 14.3. The van der Waals surface area contributed by atoms with Crippen molar-refractivity contribution in [1.82, 2.24) is 14.9 Å². The standard InChI is InChI=1S/C33H38N6O2S/c1-3-41-29-15-13-27(14-16-29)31-23-36-33(37-28-11-8-12-30(21-28)42(34,40)4-2)38-32(31)35-22-25-17-19-39(20-18-25)24-26-9-6-5-7-10-26/h4-16,21,23,25,34H,2-3,17-20,22,24H2,1H3,(H2,35,36,37,38). The summed E-state index contributed by atoms with van der Waals surface area (Å²) in [6.45, 7) is 10.1. The Kier molecular flexibility index (Phi) is 9.51. The van der Waals surface area contributed by atoms with Gasteiger partial charge in [0.05, 0.1) is 21.2 Å². The highest BCUT2D eigenvalue weighted by Gasteiger charge is 2.20. The maximum atomic E-state index is 12.5. The number of likely N-dealkylation sites (tertiary alicyclic amines) is 1. The molecule has 0 aliphatic carbocycles. The minimum absolute atomic E-state index is 0.380. The Bertz CT molecular complexity index is 1580. The molecule has 218 valence electrons. The normalized spacial score (nSPS) is 15.5. The minimum Gasteiger partial charge on any atom is -0.494 e. The number of ether oxygens (including phenoxy) is 1. The third-order valence-electron chi connectivity index (χ3n) is 7.45. The lowest BCUT2D eigenvalue weighted by atomic mass is 9.96. The maximum Gasteiger partial charge on any atom is 0.229 e. The van der Waals surface area contributed by atoms with Crippen LogP contribution < -0.4 is 15.4 Å². The number of benzene rings is 3. The summed E-state index contributed by atoms with van der Waals surface area (Å²) < 4.78 is 26.2. The summed E-state index contributed by atoms with van der Waals surface area (Å²) in [6, 6.07) is 25.5. The van der Waals surface area contributed by atoms with E-state index in [1.807, 2.05) is 43.5 Å². The van der Waals surface area contributed by atoms with Crippen molar-refractivity contribution in [2.24, 2.45) is 5.92 Å². The van der Waals surface area contributed by atoms with E-state index in [-0.39, 0.29) is 0 Å². The molecule has 1 fully saturated rings. The van der Waals surface area contributed by atoms with Crippen LogP contribution in [0.25, 0.3) is 11.1 Å². The van der Waals surface area contributed by atoms with E-state index >= 15 is 0 Å². The molecule has 0 amide bonds. The lowest BCUT2D eigenvalue weighted by Gasteiger charge is -2.32. The Labute approximate surface area is 248 Å². The van der Waals surface area contributed by atoms with E-state index in [0.717, 1.165) is 61.7 Å². The quantitative estimate of drug-likeness (QED) is 0.163. The summed E-state index contributed by atoms with van der Waals surface area (Å²) in [7, 11) is -3.06. The zero-order valence-electron chi connectivity index (χ0n) is 24.0. The highest BCUT2D eigenvalue weighted by Crippen LogP contribution is 2.30. The van der Waals surface area contributed by atoms with Crippen molar-refractivity contribution in [2.45, 2.75) is 31.2 Å². The summed E-state index contributed by atoms with van der Waals surface area (Å²) in [5.74, 6) is 2.52. The topological polar surface area (TPSA) is 103 Å². The van der Waals surface area contributed by atoms with E-state index < -0.39 is 9.73 Å². The van der Waals surface area contributed by atoms with Crippen LogP contribution in [0.3, 0.4) is 0 Å². The van der Waals surface area contributed by atoms with Gasteiger partial charge in [-0.2, -0.15) is 4.98 Å². The van der Waals surface area contributed by atoms with Crippen LogP contribution in [0.2, 0.25) is 0 Å². The van der Waals surface area contributed by atoms with Crippen LogP contribution in [0.15, 0.2) is 102 Å². The Morgan fingerprint density at radius 2 is 1.83 bits per heavy atom. The second kappa shape index (κ2) is 13.6. The molecule has 5 rings (SSSR count). The smallest absolute Gasteiger partial charge is 0.229 e. The first kappa shape index (κ1) is 29.3. The molecule has 42 heavy (non-hydrogen) atoms. The summed E-state index contributed by atoms with van der Waals surface area (Å²) in [4.78, 5) is 12.4. The molecule has 1 aliphatic heterocycles. The summed E-state index contributed by atoms with van der Waals surface area (Å²) in [5, 5.41) is 8.02. The Morgan fingerprint density at radius 1 is 1.07 bits per heavy atom. The Morgan fingerprint density at radius 3 is 2.55 bits per heavy atom. The summed E-state index contributed by atoms with van der Waals surface area (Å²) in [5.41, 5.74) is 3.90. The van der Waals surface area contributed by atoms with Gasteiger partial charge in [-0.3, -0.25) is 4.90 Å². The molecule has 1 aromatic heterocycles. The van der Waals surface area contributed by atoms with Gasteiger partial charge < -0.3 is 15.4 Å². The Balaban J connectivity index is 1.31. The van der Waals surface area contributed by atoms with E-state index in [0.29, 0.717) is 29.1 Å². The molecular weight excluding hydrogens is 544 g/mol. The fourth-order valence-corrected chi connectivity index (χ4v) is 5.88. The molecule has 0 bridgehead atoms. The number of hydrogen-bond donors (Lipinski definition) is 3. The molecule has 1 atom stereocenters. The average Bonchev–Trinajstić information content (AvgIpc) is 3.02. The van der Waals surface area contributed by atoms with E-state index in [4.69, 9.17) is 14.5 Å². The van der Waals surface area contributed by atoms with E-state index in [9.17, 15) is 4.21 Å². The zero-order valence-corrected chi connectivity index (χ0v) is 24.8. The van der Waals surface area contributed by atoms with Gasteiger partial charge in [0.2, 0.25) is 5.95 Å². The lowest BCUT2D eigenvalue weighted by Crippen LogP contribution is -2.35. The fraction of sp³-hybridized carbons (Fsp3) is 0.273. The van der Waals surface area contributed by atoms with E-state index in [1.54, 1.807) is 18.2 Å². The zero-order chi connectivity index (χ0) is 29.4. The van der Waals surface area contributed by atoms with Crippen LogP contribution in [0.4, 0.5) is 17.5 Å². The number of aromatic nitrogens is 2. The third kappa shape index (κ3) is 7.54. The van der Waals surface area contributed by atoms with Gasteiger partial charge in [-0.15, -0.1) is 0 Å². The molecule has 3 aromatic carbocycles. The predicted octanol–water partition coefficient (Wildman–Crippen LogP) is 7.16. The number of nitrogens with one attached hydrogen (secondary N) is 3. The molecule has 0 saturated carbocycles.